The summed E-state index contributed by atoms with van der Waals surface area (Å²) in [5.41, 5.74) is 0.988. The summed E-state index contributed by atoms with van der Waals surface area (Å²) >= 11 is 0. The van der Waals surface area contributed by atoms with Crippen LogP contribution >= 0.6 is 0 Å². The standard InChI is InChI=1S/C17H24N2O6S3/c1-11(2)12-3-5-13(6-4-12)28(24,25)19-16-9-26(20,21)7-14(16)18-15-8-27(22,23)10-17(15)19/h3-6,11,14-18H,7-10H2,1-2H3/t14-,15+,16+,17-. The van der Waals surface area contributed by atoms with E-state index in [2.05, 4.69) is 5.32 Å². The molecule has 4 rings (SSSR count). The maximum absolute atomic E-state index is 13.5. The Labute approximate surface area is 166 Å². The minimum absolute atomic E-state index is 0.0601. The molecule has 0 unspecified atom stereocenters. The molecule has 3 aliphatic heterocycles. The monoisotopic (exact) mass is 448 g/mol. The highest BCUT2D eigenvalue weighted by molar-refractivity contribution is 7.92. The van der Waals surface area contributed by atoms with Gasteiger partial charge in [-0.3, -0.25) is 0 Å². The lowest BCUT2D eigenvalue weighted by molar-refractivity contribution is 0.160. The van der Waals surface area contributed by atoms with Crippen molar-refractivity contribution in [2.24, 2.45) is 0 Å². The van der Waals surface area contributed by atoms with E-state index in [1.165, 1.54) is 16.4 Å². The first kappa shape index (κ1) is 20.3. The van der Waals surface area contributed by atoms with E-state index in [9.17, 15) is 25.3 Å². The fraction of sp³-hybridized carbons (Fsp3) is 0.647. The third-order valence-corrected chi connectivity index (χ3v) is 11.2. The second-order valence-corrected chi connectivity index (χ2v) is 14.4. The maximum Gasteiger partial charge on any atom is 0.243 e. The van der Waals surface area contributed by atoms with E-state index in [1.807, 2.05) is 13.8 Å². The highest BCUT2D eigenvalue weighted by atomic mass is 32.2. The van der Waals surface area contributed by atoms with Crippen molar-refractivity contribution < 1.29 is 25.3 Å². The number of piperazine rings is 1. The van der Waals surface area contributed by atoms with Crippen LogP contribution in [0.4, 0.5) is 0 Å². The molecule has 1 N–H and O–H groups in total. The molecule has 3 saturated heterocycles. The van der Waals surface area contributed by atoms with Crippen LogP contribution in [0.15, 0.2) is 29.2 Å². The van der Waals surface area contributed by atoms with Crippen LogP contribution in [0.2, 0.25) is 0 Å². The molecule has 1 aromatic carbocycles. The van der Waals surface area contributed by atoms with Gasteiger partial charge in [0.2, 0.25) is 10.0 Å². The van der Waals surface area contributed by atoms with Crippen LogP contribution in [-0.2, 0) is 29.7 Å². The van der Waals surface area contributed by atoms with Gasteiger partial charge < -0.3 is 5.32 Å². The Bertz CT molecular complexity index is 1050. The zero-order chi connectivity index (χ0) is 20.5. The normalized spacial score (nSPS) is 34.2. The van der Waals surface area contributed by atoms with Gasteiger partial charge in [0.25, 0.3) is 0 Å². The molecule has 0 amide bonds. The molecule has 0 aliphatic carbocycles. The van der Waals surface area contributed by atoms with E-state index in [0.717, 1.165) is 5.56 Å². The van der Waals surface area contributed by atoms with Gasteiger partial charge in [0.05, 0.1) is 40.0 Å². The van der Waals surface area contributed by atoms with Gasteiger partial charge >= 0.3 is 0 Å². The Kier molecular flexibility index (Phi) is 4.70. The third-order valence-electron chi connectivity index (χ3n) is 5.85. The Morgan fingerprint density at radius 1 is 0.893 bits per heavy atom. The van der Waals surface area contributed by atoms with E-state index in [4.69, 9.17) is 0 Å². The molecule has 0 saturated carbocycles. The van der Waals surface area contributed by atoms with Gasteiger partial charge in [0, 0.05) is 12.1 Å². The van der Waals surface area contributed by atoms with Crippen LogP contribution in [0.25, 0.3) is 0 Å². The quantitative estimate of drug-likeness (QED) is 0.677. The van der Waals surface area contributed by atoms with E-state index >= 15 is 0 Å². The van der Waals surface area contributed by atoms with Crippen molar-refractivity contribution in [2.45, 2.75) is 48.8 Å². The number of nitrogens with zero attached hydrogens (tertiary/aromatic N) is 1. The summed E-state index contributed by atoms with van der Waals surface area (Å²) in [6.45, 7) is 4.00. The number of rotatable bonds is 3. The second-order valence-electron chi connectivity index (χ2n) is 8.23. The highest BCUT2D eigenvalue weighted by Gasteiger charge is 2.57. The smallest absolute Gasteiger partial charge is 0.243 e. The van der Waals surface area contributed by atoms with Gasteiger partial charge in [0.1, 0.15) is 0 Å². The van der Waals surface area contributed by atoms with Crippen LogP contribution in [0.1, 0.15) is 25.3 Å². The Morgan fingerprint density at radius 2 is 1.36 bits per heavy atom. The molecule has 8 nitrogen and oxygen atoms in total. The molecule has 0 aromatic heterocycles. The molecule has 28 heavy (non-hydrogen) atoms. The number of hydrogen-bond acceptors (Lipinski definition) is 7. The molecule has 4 atom stereocenters. The van der Waals surface area contributed by atoms with Crippen molar-refractivity contribution in [1.29, 1.82) is 0 Å². The molecule has 0 radical (unpaired) electrons. The van der Waals surface area contributed by atoms with E-state index in [-0.39, 0.29) is 33.8 Å². The largest absolute Gasteiger partial charge is 0.306 e. The SMILES string of the molecule is CC(C)c1ccc(S(=O)(=O)N2[C@@H]3CS(=O)(=O)C[C@@H]3N[C@@H]3CS(=O)(=O)C[C@@H]32)cc1. The minimum atomic E-state index is -4.05. The van der Waals surface area contributed by atoms with Gasteiger partial charge in [-0.15, -0.1) is 0 Å². The van der Waals surface area contributed by atoms with Crippen LogP contribution in [0.5, 0.6) is 0 Å². The molecule has 156 valence electrons. The Hall–Kier alpha value is -1.01. The van der Waals surface area contributed by atoms with E-state index in [0.29, 0.717) is 0 Å². The summed E-state index contributed by atoms with van der Waals surface area (Å²) in [5.74, 6) is -0.711. The fourth-order valence-corrected chi connectivity index (χ4v) is 10.4. The zero-order valence-electron chi connectivity index (χ0n) is 15.6. The van der Waals surface area contributed by atoms with Crippen molar-refractivity contribution in [3.63, 3.8) is 0 Å². The highest BCUT2D eigenvalue weighted by Crippen LogP contribution is 2.36. The fourth-order valence-electron chi connectivity index (χ4n) is 4.50. The number of nitrogens with one attached hydrogen (secondary N) is 1. The predicted molar refractivity (Wildman–Crippen MR) is 105 cm³/mol. The topological polar surface area (TPSA) is 118 Å². The van der Waals surface area contributed by atoms with Gasteiger partial charge in [-0.2, -0.15) is 4.31 Å². The molecule has 11 heteroatoms. The minimum Gasteiger partial charge on any atom is -0.306 e. The summed E-state index contributed by atoms with van der Waals surface area (Å²) in [5, 5.41) is 3.10. The molecule has 0 bridgehead atoms. The molecular weight excluding hydrogens is 424 g/mol. The van der Waals surface area contributed by atoms with E-state index in [1.54, 1.807) is 12.1 Å². The molecule has 0 spiro atoms. The van der Waals surface area contributed by atoms with Crippen LogP contribution < -0.4 is 5.32 Å². The second kappa shape index (κ2) is 6.49. The van der Waals surface area contributed by atoms with Gasteiger partial charge in [0.15, 0.2) is 19.7 Å². The van der Waals surface area contributed by atoms with Gasteiger partial charge in [-0.05, 0) is 23.6 Å². The van der Waals surface area contributed by atoms with Crippen molar-refractivity contribution in [3.8, 4) is 0 Å². The van der Waals surface area contributed by atoms with Crippen molar-refractivity contribution in [2.75, 3.05) is 23.0 Å². The summed E-state index contributed by atoms with van der Waals surface area (Å²) in [4.78, 5) is 0.0601. The first-order chi connectivity index (χ1) is 12.9. The first-order valence-corrected chi connectivity index (χ1v) is 14.3. The molecule has 1 aromatic rings. The average Bonchev–Trinajstić information content (AvgIpc) is 3.04. The van der Waals surface area contributed by atoms with Crippen molar-refractivity contribution in [1.82, 2.24) is 9.62 Å². The average molecular weight is 449 g/mol. The van der Waals surface area contributed by atoms with Gasteiger partial charge in [-0.25, -0.2) is 25.3 Å². The van der Waals surface area contributed by atoms with Gasteiger partial charge in [-0.1, -0.05) is 26.0 Å². The van der Waals surface area contributed by atoms with Crippen molar-refractivity contribution >= 4 is 29.7 Å². The summed E-state index contributed by atoms with van der Waals surface area (Å²) in [6, 6.07) is 3.74. The number of sulfone groups is 2. The summed E-state index contributed by atoms with van der Waals surface area (Å²) in [7, 11) is -10.8. The number of hydrogen-bond donors (Lipinski definition) is 1. The number of sulfonamides is 1. The summed E-state index contributed by atoms with van der Waals surface area (Å²) < 4.78 is 76.9. The number of benzene rings is 1. The Balaban J connectivity index is 1.79. The molecule has 3 fully saturated rings. The van der Waals surface area contributed by atoms with E-state index < -0.39 is 53.9 Å². The summed E-state index contributed by atoms with van der Waals surface area (Å²) in [6.07, 6.45) is 0. The third kappa shape index (κ3) is 3.41. The predicted octanol–water partition coefficient (Wildman–Crippen LogP) is -0.265. The zero-order valence-corrected chi connectivity index (χ0v) is 18.1. The maximum atomic E-state index is 13.5. The van der Waals surface area contributed by atoms with Crippen LogP contribution in [-0.4, -0.2) is 76.7 Å². The molecule has 3 heterocycles. The van der Waals surface area contributed by atoms with Crippen molar-refractivity contribution in [3.05, 3.63) is 29.8 Å². The number of fused-ring (bicyclic) bond motifs is 2. The lowest BCUT2D eigenvalue weighted by atomic mass is 10.0. The molecular formula is C17H24N2O6S3. The Morgan fingerprint density at radius 3 is 1.79 bits per heavy atom. The lowest BCUT2D eigenvalue weighted by Gasteiger charge is -2.43. The van der Waals surface area contributed by atoms with Crippen LogP contribution in [0.3, 0.4) is 0 Å². The van der Waals surface area contributed by atoms with Crippen LogP contribution in [0, 0.1) is 0 Å². The molecule has 3 aliphatic rings. The lowest BCUT2D eigenvalue weighted by Crippen LogP contribution is -2.67. The first-order valence-electron chi connectivity index (χ1n) is 9.20.